The van der Waals surface area contributed by atoms with Crippen molar-refractivity contribution in [2.75, 3.05) is 11.9 Å². The standard InChI is InChI=1S/C16H22N4O3/c1-10(2)6-13(21)8-17-16(22)19-14-7-12(5-4-11(14)3)15-20-18-9-23-15/h4-5,7,9-10,13,21H,6,8H2,1-3H3,(H2,17,19,22). The Morgan fingerprint density at radius 2 is 2.17 bits per heavy atom. The topological polar surface area (TPSA) is 100 Å². The number of aromatic nitrogens is 2. The average molecular weight is 318 g/mol. The number of hydrogen-bond acceptors (Lipinski definition) is 5. The Morgan fingerprint density at radius 3 is 2.83 bits per heavy atom. The van der Waals surface area contributed by atoms with Crippen molar-refractivity contribution in [3.63, 3.8) is 0 Å². The number of carbonyl (C=O) groups is 1. The van der Waals surface area contributed by atoms with E-state index in [-0.39, 0.29) is 12.6 Å². The number of hydrogen-bond donors (Lipinski definition) is 3. The summed E-state index contributed by atoms with van der Waals surface area (Å²) in [5.41, 5.74) is 2.28. The maximum absolute atomic E-state index is 12.0. The van der Waals surface area contributed by atoms with E-state index >= 15 is 0 Å². The van der Waals surface area contributed by atoms with Crippen molar-refractivity contribution in [1.82, 2.24) is 15.5 Å². The second-order valence-corrected chi connectivity index (χ2v) is 5.89. The molecule has 3 N–H and O–H groups in total. The molecule has 1 heterocycles. The van der Waals surface area contributed by atoms with Gasteiger partial charge in [0, 0.05) is 17.8 Å². The minimum absolute atomic E-state index is 0.215. The van der Waals surface area contributed by atoms with E-state index in [0.717, 1.165) is 11.1 Å². The number of aryl methyl sites for hydroxylation is 1. The third-order valence-electron chi connectivity index (χ3n) is 3.33. The van der Waals surface area contributed by atoms with Crippen LogP contribution in [0, 0.1) is 12.8 Å². The Labute approximate surface area is 135 Å². The number of aliphatic hydroxyl groups is 1. The molecule has 0 aliphatic carbocycles. The first-order chi connectivity index (χ1) is 11.0. The summed E-state index contributed by atoms with van der Waals surface area (Å²) < 4.78 is 5.15. The van der Waals surface area contributed by atoms with Gasteiger partial charge in [0.05, 0.1) is 6.10 Å². The van der Waals surface area contributed by atoms with Gasteiger partial charge >= 0.3 is 6.03 Å². The number of nitrogens with one attached hydrogen (secondary N) is 2. The van der Waals surface area contributed by atoms with Crippen LogP contribution < -0.4 is 10.6 Å². The minimum atomic E-state index is -0.549. The second kappa shape index (κ2) is 7.73. The molecule has 1 unspecified atom stereocenters. The number of urea groups is 1. The van der Waals surface area contributed by atoms with E-state index in [9.17, 15) is 9.90 Å². The van der Waals surface area contributed by atoms with Gasteiger partial charge in [-0.1, -0.05) is 19.9 Å². The fourth-order valence-corrected chi connectivity index (χ4v) is 2.19. The van der Waals surface area contributed by atoms with Crippen LogP contribution in [0.15, 0.2) is 29.0 Å². The maximum atomic E-state index is 12.0. The lowest BCUT2D eigenvalue weighted by Gasteiger charge is -2.15. The summed E-state index contributed by atoms with van der Waals surface area (Å²) in [6.45, 7) is 6.15. The van der Waals surface area contributed by atoms with E-state index in [1.807, 2.05) is 32.9 Å². The summed E-state index contributed by atoms with van der Waals surface area (Å²) in [7, 11) is 0. The highest BCUT2D eigenvalue weighted by Crippen LogP contribution is 2.23. The molecule has 7 nitrogen and oxygen atoms in total. The van der Waals surface area contributed by atoms with Crippen LogP contribution in [0.5, 0.6) is 0 Å². The average Bonchev–Trinajstić information content (AvgIpc) is 3.01. The molecule has 0 aliphatic heterocycles. The zero-order valence-corrected chi connectivity index (χ0v) is 13.5. The number of aliphatic hydroxyl groups excluding tert-OH is 1. The molecule has 2 aromatic rings. The summed E-state index contributed by atoms with van der Waals surface area (Å²) in [6.07, 6.45) is 1.35. The normalized spacial score (nSPS) is 12.2. The molecule has 1 aromatic carbocycles. The third-order valence-corrected chi connectivity index (χ3v) is 3.33. The van der Waals surface area contributed by atoms with Crippen molar-refractivity contribution in [2.45, 2.75) is 33.3 Å². The molecule has 0 fully saturated rings. The number of carbonyl (C=O) groups excluding carboxylic acids is 1. The fraction of sp³-hybridized carbons (Fsp3) is 0.438. The Bertz CT molecular complexity index is 641. The van der Waals surface area contributed by atoms with Crippen LogP contribution in [0.1, 0.15) is 25.8 Å². The monoisotopic (exact) mass is 318 g/mol. The van der Waals surface area contributed by atoms with Crippen LogP contribution in [0.25, 0.3) is 11.5 Å². The molecule has 0 saturated carbocycles. The number of anilines is 1. The van der Waals surface area contributed by atoms with Crippen molar-refractivity contribution in [3.8, 4) is 11.5 Å². The van der Waals surface area contributed by atoms with Crippen molar-refractivity contribution in [2.24, 2.45) is 5.92 Å². The van der Waals surface area contributed by atoms with Gasteiger partial charge < -0.3 is 20.2 Å². The van der Waals surface area contributed by atoms with Gasteiger partial charge in [-0.25, -0.2) is 4.79 Å². The minimum Gasteiger partial charge on any atom is -0.423 e. The van der Waals surface area contributed by atoms with Crippen molar-refractivity contribution >= 4 is 11.7 Å². The number of nitrogens with zero attached hydrogens (tertiary/aromatic N) is 2. The van der Waals surface area contributed by atoms with Crippen LogP contribution in [-0.4, -0.2) is 34.0 Å². The summed E-state index contributed by atoms with van der Waals surface area (Å²) in [5.74, 6) is 0.768. The predicted octanol–water partition coefficient (Wildman–Crippen LogP) is 2.57. The Kier molecular flexibility index (Phi) is 5.70. The smallest absolute Gasteiger partial charge is 0.319 e. The van der Waals surface area contributed by atoms with Gasteiger partial charge in [0.15, 0.2) is 0 Å². The Balaban J connectivity index is 1.96. The molecule has 0 bridgehead atoms. The highest BCUT2D eigenvalue weighted by molar-refractivity contribution is 5.90. The van der Waals surface area contributed by atoms with E-state index in [1.54, 1.807) is 6.07 Å². The van der Waals surface area contributed by atoms with Crippen molar-refractivity contribution in [1.29, 1.82) is 0 Å². The van der Waals surface area contributed by atoms with Crippen LogP contribution >= 0.6 is 0 Å². The molecule has 0 radical (unpaired) electrons. The number of amides is 2. The predicted molar refractivity (Wildman–Crippen MR) is 87.0 cm³/mol. The van der Waals surface area contributed by atoms with Crippen LogP contribution in [-0.2, 0) is 0 Å². The van der Waals surface area contributed by atoms with Crippen molar-refractivity contribution < 1.29 is 14.3 Å². The maximum Gasteiger partial charge on any atom is 0.319 e. The zero-order chi connectivity index (χ0) is 16.8. The van der Waals surface area contributed by atoms with Crippen LogP contribution in [0.4, 0.5) is 10.5 Å². The largest absolute Gasteiger partial charge is 0.423 e. The highest BCUT2D eigenvalue weighted by atomic mass is 16.4. The van der Waals surface area contributed by atoms with E-state index in [2.05, 4.69) is 20.8 Å². The molecule has 1 atom stereocenters. The SMILES string of the molecule is Cc1ccc(-c2nnco2)cc1NC(=O)NCC(O)CC(C)C. The van der Waals surface area contributed by atoms with Gasteiger partial charge in [-0.15, -0.1) is 10.2 Å². The van der Waals surface area contributed by atoms with Crippen LogP contribution in [0.2, 0.25) is 0 Å². The second-order valence-electron chi connectivity index (χ2n) is 5.89. The third kappa shape index (κ3) is 5.07. The Morgan fingerprint density at radius 1 is 1.39 bits per heavy atom. The summed E-state index contributed by atoms with van der Waals surface area (Å²) in [6, 6.07) is 5.12. The molecule has 0 aliphatic rings. The van der Waals surface area contributed by atoms with Gasteiger partial charge in [0.2, 0.25) is 12.3 Å². The molecular formula is C16H22N4O3. The lowest BCUT2D eigenvalue weighted by molar-refractivity contribution is 0.148. The fourth-order valence-electron chi connectivity index (χ4n) is 2.19. The van der Waals surface area contributed by atoms with E-state index in [4.69, 9.17) is 4.42 Å². The molecule has 2 rings (SSSR count). The van der Waals surface area contributed by atoms with E-state index in [1.165, 1.54) is 6.39 Å². The molecule has 124 valence electrons. The lowest BCUT2D eigenvalue weighted by atomic mass is 10.1. The molecule has 7 heteroatoms. The number of benzene rings is 1. The van der Waals surface area contributed by atoms with Gasteiger partial charge in [-0.05, 0) is 37.0 Å². The molecule has 2 amide bonds. The molecule has 0 spiro atoms. The van der Waals surface area contributed by atoms with Crippen molar-refractivity contribution in [3.05, 3.63) is 30.2 Å². The first kappa shape index (κ1) is 17.0. The molecular weight excluding hydrogens is 296 g/mol. The van der Waals surface area contributed by atoms with Gasteiger partial charge in [-0.3, -0.25) is 0 Å². The van der Waals surface area contributed by atoms with Gasteiger partial charge in [0.25, 0.3) is 0 Å². The Hall–Kier alpha value is -2.41. The molecule has 1 aromatic heterocycles. The first-order valence-electron chi connectivity index (χ1n) is 7.55. The summed E-state index contributed by atoms with van der Waals surface area (Å²) in [5, 5.41) is 22.7. The van der Waals surface area contributed by atoms with Gasteiger partial charge in [0.1, 0.15) is 0 Å². The van der Waals surface area contributed by atoms with E-state index < -0.39 is 6.10 Å². The highest BCUT2D eigenvalue weighted by Gasteiger charge is 2.11. The summed E-state index contributed by atoms with van der Waals surface area (Å²) >= 11 is 0. The van der Waals surface area contributed by atoms with Gasteiger partial charge in [-0.2, -0.15) is 0 Å². The quantitative estimate of drug-likeness (QED) is 0.760. The molecule has 23 heavy (non-hydrogen) atoms. The zero-order valence-electron chi connectivity index (χ0n) is 13.5. The lowest BCUT2D eigenvalue weighted by Crippen LogP contribution is -2.35. The van der Waals surface area contributed by atoms with E-state index in [0.29, 0.717) is 23.9 Å². The summed E-state index contributed by atoms with van der Waals surface area (Å²) in [4.78, 5) is 12.0. The molecule has 0 saturated heterocycles. The van der Waals surface area contributed by atoms with Crippen LogP contribution in [0.3, 0.4) is 0 Å². The first-order valence-corrected chi connectivity index (χ1v) is 7.55. The number of rotatable bonds is 6.